The predicted molar refractivity (Wildman–Crippen MR) is 38.5 cm³/mol. The van der Waals surface area contributed by atoms with Gasteiger partial charge in [0.15, 0.2) is 0 Å². The third-order valence-electron chi connectivity index (χ3n) is 1.09. The van der Waals surface area contributed by atoms with Crippen LogP contribution in [0.4, 0.5) is 0 Å². The van der Waals surface area contributed by atoms with Gasteiger partial charge in [-0.3, -0.25) is 0 Å². The standard InChI is InChI=1S/C8H13/c1-4-6-7-8(3)5-2/h4-5H,1-2,6-7H2,3H3/b8-5+. The molecular weight excluding hydrogens is 96.1 g/mol. The molecule has 0 aromatic rings. The Hall–Kier alpha value is -0.520. The molecule has 0 heterocycles. The summed E-state index contributed by atoms with van der Waals surface area (Å²) in [6, 6.07) is 0. The van der Waals surface area contributed by atoms with Crippen molar-refractivity contribution in [1.29, 1.82) is 0 Å². The Morgan fingerprint density at radius 3 is 2.62 bits per heavy atom. The van der Waals surface area contributed by atoms with Crippen LogP contribution in [0.5, 0.6) is 0 Å². The molecule has 0 amide bonds. The van der Waals surface area contributed by atoms with Gasteiger partial charge >= 0.3 is 0 Å². The van der Waals surface area contributed by atoms with Crippen molar-refractivity contribution in [3.05, 3.63) is 31.2 Å². The fourth-order valence-corrected chi connectivity index (χ4v) is 0.432. The molecule has 8 heavy (non-hydrogen) atoms. The number of rotatable bonds is 3. The summed E-state index contributed by atoms with van der Waals surface area (Å²) in [7, 11) is 0. The summed E-state index contributed by atoms with van der Waals surface area (Å²) in [6.07, 6.45) is 5.99. The first-order valence-corrected chi connectivity index (χ1v) is 2.87. The Bertz CT molecular complexity index is 88.2. The van der Waals surface area contributed by atoms with Crippen LogP contribution in [0.1, 0.15) is 19.8 Å². The lowest BCUT2D eigenvalue weighted by Gasteiger charge is -1.92. The van der Waals surface area contributed by atoms with Crippen molar-refractivity contribution in [2.45, 2.75) is 19.8 Å². The molecule has 0 aromatic carbocycles. The average Bonchev–Trinajstić information content (AvgIpc) is 1.83. The maximum absolute atomic E-state index is 3.64. The van der Waals surface area contributed by atoms with E-state index in [1.54, 1.807) is 0 Å². The molecule has 0 nitrogen and oxygen atoms in total. The molecule has 0 aliphatic carbocycles. The van der Waals surface area contributed by atoms with Crippen LogP contribution in [-0.2, 0) is 0 Å². The second-order valence-electron chi connectivity index (χ2n) is 1.88. The molecule has 45 valence electrons. The zero-order valence-electron chi connectivity index (χ0n) is 5.48. The van der Waals surface area contributed by atoms with E-state index in [9.17, 15) is 0 Å². The fourth-order valence-electron chi connectivity index (χ4n) is 0.432. The molecule has 0 spiro atoms. The maximum Gasteiger partial charge on any atom is -0.0288 e. The van der Waals surface area contributed by atoms with Gasteiger partial charge in [0, 0.05) is 0 Å². The minimum Gasteiger partial charge on any atom is -0.103 e. The lowest BCUT2D eigenvalue weighted by atomic mass is 10.1. The third kappa shape index (κ3) is 3.66. The second-order valence-corrected chi connectivity index (χ2v) is 1.88. The van der Waals surface area contributed by atoms with Gasteiger partial charge in [0.25, 0.3) is 0 Å². The van der Waals surface area contributed by atoms with E-state index in [2.05, 4.69) is 20.4 Å². The largest absolute Gasteiger partial charge is 0.103 e. The highest BCUT2D eigenvalue weighted by atomic mass is 13.9. The first-order chi connectivity index (χ1) is 3.81. The summed E-state index contributed by atoms with van der Waals surface area (Å²) in [5.41, 5.74) is 1.34. The Morgan fingerprint density at radius 2 is 2.25 bits per heavy atom. The van der Waals surface area contributed by atoms with Crippen LogP contribution in [-0.4, -0.2) is 0 Å². The van der Waals surface area contributed by atoms with E-state index in [0.717, 1.165) is 12.8 Å². The van der Waals surface area contributed by atoms with Crippen molar-refractivity contribution in [2.24, 2.45) is 0 Å². The molecular formula is C8H13. The van der Waals surface area contributed by atoms with Gasteiger partial charge in [0.05, 0.1) is 0 Å². The van der Waals surface area contributed by atoms with Crippen molar-refractivity contribution < 1.29 is 0 Å². The first kappa shape index (κ1) is 7.48. The van der Waals surface area contributed by atoms with Crippen LogP contribution >= 0.6 is 0 Å². The molecule has 0 aromatic heterocycles. The molecule has 0 aliphatic heterocycles. The van der Waals surface area contributed by atoms with Crippen LogP contribution in [0.3, 0.4) is 0 Å². The molecule has 0 saturated carbocycles. The highest BCUT2D eigenvalue weighted by molar-refractivity contribution is 5.00. The van der Waals surface area contributed by atoms with E-state index >= 15 is 0 Å². The van der Waals surface area contributed by atoms with Gasteiger partial charge in [-0.15, -0.1) is 6.58 Å². The highest BCUT2D eigenvalue weighted by Gasteiger charge is 1.81. The van der Waals surface area contributed by atoms with Crippen molar-refractivity contribution in [3.63, 3.8) is 0 Å². The van der Waals surface area contributed by atoms with Crippen molar-refractivity contribution in [2.75, 3.05) is 0 Å². The van der Waals surface area contributed by atoms with Gasteiger partial charge < -0.3 is 0 Å². The topological polar surface area (TPSA) is 0 Å². The zero-order chi connectivity index (χ0) is 6.41. The van der Waals surface area contributed by atoms with Crippen LogP contribution in [0.25, 0.3) is 0 Å². The molecule has 0 heteroatoms. The molecule has 0 atom stereocenters. The van der Waals surface area contributed by atoms with E-state index in [4.69, 9.17) is 0 Å². The molecule has 0 rings (SSSR count). The van der Waals surface area contributed by atoms with E-state index in [-0.39, 0.29) is 0 Å². The quantitative estimate of drug-likeness (QED) is 0.489. The minimum atomic E-state index is 1.07. The van der Waals surface area contributed by atoms with Gasteiger partial charge in [0.2, 0.25) is 0 Å². The third-order valence-corrected chi connectivity index (χ3v) is 1.09. The lowest BCUT2D eigenvalue weighted by Crippen LogP contribution is -1.71. The van der Waals surface area contributed by atoms with Crippen LogP contribution in [0, 0.1) is 6.92 Å². The Balaban J connectivity index is 3.24. The second kappa shape index (κ2) is 4.63. The number of allylic oxidation sites excluding steroid dienone is 3. The molecule has 0 bridgehead atoms. The summed E-state index contributed by atoms with van der Waals surface area (Å²) in [5.74, 6) is 0. The smallest absolute Gasteiger partial charge is 0.0288 e. The summed E-state index contributed by atoms with van der Waals surface area (Å²) in [4.78, 5) is 0. The first-order valence-electron chi connectivity index (χ1n) is 2.87. The molecule has 0 unspecified atom stereocenters. The van der Waals surface area contributed by atoms with Crippen LogP contribution in [0.15, 0.2) is 24.3 Å². The molecule has 0 aliphatic rings. The summed E-state index contributed by atoms with van der Waals surface area (Å²) in [6.45, 7) is 9.34. The molecule has 0 saturated heterocycles. The van der Waals surface area contributed by atoms with Crippen molar-refractivity contribution in [3.8, 4) is 0 Å². The molecule has 0 N–H and O–H groups in total. The van der Waals surface area contributed by atoms with Gasteiger partial charge in [0.1, 0.15) is 0 Å². The van der Waals surface area contributed by atoms with Crippen LogP contribution < -0.4 is 0 Å². The maximum atomic E-state index is 3.64. The SMILES string of the molecule is [CH2]/C=C(\C)CCC=C. The van der Waals surface area contributed by atoms with Gasteiger partial charge in [-0.25, -0.2) is 0 Å². The van der Waals surface area contributed by atoms with E-state index in [0.29, 0.717) is 0 Å². The summed E-state index contributed by atoms with van der Waals surface area (Å²) < 4.78 is 0. The van der Waals surface area contributed by atoms with E-state index in [1.807, 2.05) is 12.2 Å². The Labute approximate surface area is 51.9 Å². The Morgan fingerprint density at radius 1 is 1.62 bits per heavy atom. The summed E-state index contributed by atoms with van der Waals surface area (Å²) >= 11 is 0. The normalized spacial score (nSPS) is 11.5. The van der Waals surface area contributed by atoms with Crippen LogP contribution in [0.2, 0.25) is 0 Å². The average molecular weight is 109 g/mol. The lowest BCUT2D eigenvalue weighted by molar-refractivity contribution is 0.980. The minimum absolute atomic E-state index is 1.07. The van der Waals surface area contributed by atoms with E-state index in [1.165, 1.54) is 5.57 Å². The van der Waals surface area contributed by atoms with Crippen molar-refractivity contribution in [1.82, 2.24) is 0 Å². The number of hydrogen-bond acceptors (Lipinski definition) is 0. The van der Waals surface area contributed by atoms with Gasteiger partial charge in [-0.1, -0.05) is 17.7 Å². The molecule has 1 radical (unpaired) electrons. The van der Waals surface area contributed by atoms with Gasteiger partial charge in [-0.2, -0.15) is 0 Å². The van der Waals surface area contributed by atoms with E-state index < -0.39 is 0 Å². The monoisotopic (exact) mass is 109 g/mol. The molecule has 0 fully saturated rings. The Kier molecular flexibility index (Phi) is 4.33. The predicted octanol–water partition coefficient (Wildman–Crippen LogP) is 2.73. The van der Waals surface area contributed by atoms with Crippen molar-refractivity contribution >= 4 is 0 Å². The fraction of sp³-hybridized carbons (Fsp3) is 0.375. The number of hydrogen-bond donors (Lipinski definition) is 0. The zero-order valence-corrected chi connectivity index (χ0v) is 5.48. The van der Waals surface area contributed by atoms with Gasteiger partial charge in [-0.05, 0) is 26.7 Å². The highest BCUT2D eigenvalue weighted by Crippen LogP contribution is 2.01. The summed E-state index contributed by atoms with van der Waals surface area (Å²) in [5, 5.41) is 0.